The van der Waals surface area contributed by atoms with Gasteiger partial charge < -0.3 is 0 Å². The highest BCUT2D eigenvalue weighted by molar-refractivity contribution is 7.86. The highest BCUT2D eigenvalue weighted by Crippen LogP contribution is 2.41. The number of rotatable bonds is 13. The van der Waals surface area contributed by atoms with Gasteiger partial charge in [0.15, 0.2) is 0 Å². The number of nitrogens with zero attached hydrogens (tertiary/aromatic N) is 12. The number of amides is 4. The number of hydrogen-bond acceptors (Lipinski definition) is 24. The molecule has 2 aliphatic rings. The van der Waals surface area contributed by atoms with Gasteiger partial charge in [0, 0.05) is 32.7 Å². The number of azo groups is 4. The molecule has 2 heterocycles. The van der Waals surface area contributed by atoms with Crippen LogP contribution in [0, 0.1) is 22.9 Å². The van der Waals surface area contributed by atoms with Crippen LogP contribution >= 0.6 is 0 Å². The number of fused-ring (bicyclic) bond motifs is 2. The summed E-state index contributed by atoms with van der Waals surface area (Å²) < 4.78 is 141. The zero-order valence-electron chi connectivity index (χ0n) is 38.1. The molecule has 0 radical (unpaired) electrons. The van der Waals surface area contributed by atoms with Crippen LogP contribution in [0.15, 0.2) is 168 Å². The van der Waals surface area contributed by atoms with Gasteiger partial charge in [-0.1, -0.05) is 24.3 Å². The maximum absolute atomic E-state index is 12.9. The molecule has 0 aliphatic carbocycles. The molecule has 0 atom stereocenters. The number of carbonyl (C=O) groups excluding carboxylic acids is 4. The SMILES string of the molecule is N#CN=C1NC(=O)C(N=Nc2ccc(N=Nc3ccc(-c4ccc(N=Nc5ccc(N=NC6C(=O)NC(=NC#N)NC6=O)c6ccc(S(=O)(=O)O)cc56)cc4S(=O)(=O)O)c(S(=O)(=O)O)c3)c3cc(S(=O)(=O)O)ccc23)C(=O)N1. The van der Waals surface area contributed by atoms with Crippen molar-refractivity contribution in [2.45, 2.75) is 31.7 Å². The Morgan fingerprint density at radius 3 is 1.04 bits per heavy atom. The summed E-state index contributed by atoms with van der Waals surface area (Å²) in [6.07, 6.45) is 2.77. The number of guanidine groups is 2. The van der Waals surface area contributed by atoms with Crippen LogP contribution in [-0.2, 0) is 59.7 Å². The van der Waals surface area contributed by atoms with E-state index in [0.717, 1.165) is 60.7 Å². The van der Waals surface area contributed by atoms with E-state index in [2.05, 4.69) is 72.2 Å². The van der Waals surface area contributed by atoms with Crippen LogP contribution in [0.25, 0.3) is 32.7 Å². The maximum Gasteiger partial charge on any atom is 0.295 e. The van der Waals surface area contributed by atoms with Crippen molar-refractivity contribution < 1.29 is 71.1 Å². The number of aliphatic imine (C=N–C) groups is 2. The molecule has 394 valence electrons. The van der Waals surface area contributed by atoms with Crippen molar-refractivity contribution in [1.29, 1.82) is 10.5 Å². The molecule has 2 aliphatic heterocycles. The molecular weight excluding hydrogens is 1110 g/mol. The Bertz CT molecular complexity index is 4100. The molecule has 0 bridgehead atoms. The zero-order valence-corrected chi connectivity index (χ0v) is 41.3. The predicted molar refractivity (Wildman–Crippen MR) is 263 cm³/mol. The van der Waals surface area contributed by atoms with Crippen molar-refractivity contribution in [2.24, 2.45) is 50.9 Å². The second-order valence-corrected chi connectivity index (χ2v) is 21.2. The summed E-state index contributed by atoms with van der Waals surface area (Å²) in [7, 11) is -20.3. The molecule has 0 aromatic heterocycles. The molecule has 8 rings (SSSR count). The Balaban J connectivity index is 1.13. The third-order valence-electron chi connectivity index (χ3n) is 10.6. The monoisotopic (exact) mass is 1140 g/mol. The molecule has 4 amide bonds. The van der Waals surface area contributed by atoms with Gasteiger partial charge in [0.25, 0.3) is 64.1 Å². The van der Waals surface area contributed by atoms with Crippen molar-refractivity contribution in [1.82, 2.24) is 21.3 Å². The first kappa shape index (κ1) is 54.3. The van der Waals surface area contributed by atoms with E-state index in [1.807, 2.05) is 0 Å². The largest absolute Gasteiger partial charge is 0.295 e. The molecule has 6 aromatic rings. The summed E-state index contributed by atoms with van der Waals surface area (Å²) in [6, 6.07) is 13.3. The smallest absolute Gasteiger partial charge is 0.293 e. The average molecular weight is 1140 g/mol. The minimum Gasteiger partial charge on any atom is -0.293 e. The summed E-state index contributed by atoms with van der Waals surface area (Å²) in [5.74, 6) is -4.88. The fraction of sp³-hybridized carbons (Fsp3) is 0.0476. The zero-order chi connectivity index (χ0) is 56.5. The minimum atomic E-state index is -5.30. The van der Waals surface area contributed by atoms with Gasteiger partial charge in [0.1, 0.15) is 9.79 Å². The predicted octanol–water partition coefficient (Wildman–Crippen LogP) is 4.55. The molecule has 0 unspecified atom stereocenters. The summed E-state index contributed by atoms with van der Waals surface area (Å²) >= 11 is 0. The number of benzene rings is 6. The molecule has 0 spiro atoms. The number of nitrogens with one attached hydrogen (secondary N) is 4. The van der Waals surface area contributed by atoms with Gasteiger partial charge in [-0.05, 0) is 72.8 Å². The third kappa shape index (κ3) is 11.8. The Morgan fingerprint density at radius 2 is 0.731 bits per heavy atom. The normalized spacial score (nSPS) is 16.6. The van der Waals surface area contributed by atoms with Crippen molar-refractivity contribution in [3.63, 3.8) is 0 Å². The molecular formula is C42H26N16O16S4. The summed E-state index contributed by atoms with van der Waals surface area (Å²) in [5.41, 5.74) is -2.17. The van der Waals surface area contributed by atoms with Crippen molar-refractivity contribution in [2.75, 3.05) is 0 Å². The van der Waals surface area contributed by atoms with Crippen LogP contribution < -0.4 is 21.3 Å². The Hall–Kier alpha value is -9.92. The van der Waals surface area contributed by atoms with Crippen molar-refractivity contribution >= 4 is 132 Å². The first-order valence-corrected chi connectivity index (χ1v) is 26.6. The topological polar surface area (TPSA) is 505 Å². The van der Waals surface area contributed by atoms with Crippen LogP contribution in [0.5, 0.6) is 0 Å². The lowest BCUT2D eigenvalue weighted by Crippen LogP contribution is -2.58. The minimum absolute atomic E-state index is 0.0616. The third-order valence-corrected chi connectivity index (χ3v) is 14.1. The Labute approximate surface area is 435 Å². The van der Waals surface area contributed by atoms with E-state index in [0.29, 0.717) is 0 Å². The van der Waals surface area contributed by atoms with Crippen LogP contribution in [0.1, 0.15) is 0 Å². The molecule has 36 heteroatoms. The van der Waals surface area contributed by atoms with Crippen molar-refractivity contribution in [3.8, 4) is 23.5 Å². The average Bonchev–Trinajstić information content (AvgIpc) is 3.36. The van der Waals surface area contributed by atoms with Gasteiger partial charge in [-0.25, -0.2) is 0 Å². The molecule has 2 fully saturated rings. The first-order chi connectivity index (χ1) is 36.7. The summed E-state index contributed by atoms with van der Waals surface area (Å²) in [6.45, 7) is 0. The Morgan fingerprint density at radius 1 is 0.397 bits per heavy atom. The van der Waals surface area contributed by atoms with Crippen LogP contribution in [0.3, 0.4) is 0 Å². The van der Waals surface area contributed by atoms with E-state index < -0.39 is 119 Å². The lowest BCUT2D eigenvalue weighted by Gasteiger charge is -2.18. The molecule has 78 heavy (non-hydrogen) atoms. The van der Waals surface area contributed by atoms with E-state index >= 15 is 0 Å². The van der Waals surface area contributed by atoms with Gasteiger partial charge in [-0.2, -0.15) is 74.9 Å². The van der Waals surface area contributed by atoms with Gasteiger partial charge >= 0.3 is 0 Å². The highest BCUT2D eigenvalue weighted by atomic mass is 32.2. The Kier molecular flexibility index (Phi) is 14.6. The molecule has 0 saturated carbocycles. The first-order valence-electron chi connectivity index (χ1n) is 20.9. The fourth-order valence-electron chi connectivity index (χ4n) is 7.21. The van der Waals surface area contributed by atoms with E-state index in [1.165, 1.54) is 48.8 Å². The second kappa shape index (κ2) is 21.0. The van der Waals surface area contributed by atoms with Gasteiger partial charge in [-0.15, -0.1) is 20.2 Å². The van der Waals surface area contributed by atoms with Gasteiger partial charge in [0.2, 0.25) is 36.4 Å². The van der Waals surface area contributed by atoms with E-state index in [9.17, 15) is 71.1 Å². The molecule has 6 aromatic carbocycles. The van der Waals surface area contributed by atoms with Crippen molar-refractivity contribution in [3.05, 3.63) is 97.1 Å². The van der Waals surface area contributed by atoms with E-state index in [-0.39, 0.29) is 55.7 Å². The van der Waals surface area contributed by atoms with E-state index in [1.54, 1.807) is 0 Å². The van der Waals surface area contributed by atoms with Gasteiger partial charge in [0.05, 0.1) is 43.9 Å². The lowest BCUT2D eigenvalue weighted by molar-refractivity contribution is -0.132. The number of nitriles is 2. The van der Waals surface area contributed by atoms with Crippen LogP contribution in [-0.4, -0.2) is 99.5 Å². The number of carbonyl (C=O) groups is 4. The quantitative estimate of drug-likeness (QED) is 0.0340. The summed E-state index contributed by atoms with van der Waals surface area (Å²) in [4.78, 5) is 53.2. The van der Waals surface area contributed by atoms with E-state index in [4.69, 9.17) is 10.5 Å². The van der Waals surface area contributed by atoms with Gasteiger partial charge in [-0.3, -0.25) is 58.7 Å². The number of hydrogen-bond donors (Lipinski definition) is 8. The van der Waals surface area contributed by atoms with Crippen LogP contribution in [0.4, 0.5) is 34.1 Å². The standard InChI is InChI=1S/C42H26N16O16S4/c43-17-45-41-47-37(59)35(38(60)48-41)57-55-29-9-11-31(27-15-21(75(63,64)65)3-7-23(27)29)53-51-19-1-5-25(33(13-19)77(69,70)71)26-6-2-20(14-34(26)78(72,73)74)52-54-32-12-10-30(24-8-4-22(16-28(24)32)76(66,67)68)56-58-36-39(61)49-42(46-18-44)50-40(36)62/h1-16,35-36H,(H,63,64,65)(H,66,67,68)(H,69,70,71)(H,72,73,74)(H2,45,47,48,59,60)(H2,46,49,50,61,62). The summed E-state index contributed by atoms with van der Waals surface area (Å²) in [5, 5.41) is 57.5. The molecule has 8 N–H and O–H groups in total. The lowest BCUT2D eigenvalue weighted by atomic mass is 10.0. The van der Waals surface area contributed by atoms with Crippen LogP contribution in [0.2, 0.25) is 0 Å². The second-order valence-electron chi connectivity index (χ2n) is 15.6. The fourth-order valence-corrected chi connectivity index (χ4v) is 9.67. The highest BCUT2D eigenvalue weighted by Gasteiger charge is 2.35. The molecule has 2 saturated heterocycles. The maximum atomic E-state index is 12.9. The molecule has 32 nitrogen and oxygen atoms in total.